The van der Waals surface area contributed by atoms with Crippen molar-refractivity contribution in [1.29, 1.82) is 0 Å². The Balaban J connectivity index is 1.79. The molecule has 120 valence electrons. The van der Waals surface area contributed by atoms with Gasteiger partial charge in [-0.1, -0.05) is 36.4 Å². The molecule has 0 spiro atoms. The maximum absolute atomic E-state index is 12.0. The summed E-state index contributed by atoms with van der Waals surface area (Å²) >= 11 is 0. The Hall–Kier alpha value is -3.40. The standard InChI is InChI=1S/C21H15N3O/c22-21(25)19-16-7-3-6-15(20(16)24-10-4-9-18(19)24)14-11-13-5-1-2-8-17(13)23-12-14/h1-12,19H,(H2,22,25)/t19-/m0/s1. The van der Waals surface area contributed by atoms with E-state index in [0.717, 1.165) is 39.0 Å². The van der Waals surface area contributed by atoms with Crippen molar-refractivity contribution in [2.75, 3.05) is 0 Å². The third-order valence-electron chi connectivity index (χ3n) is 4.88. The molecule has 1 amide bonds. The Kier molecular flexibility index (Phi) is 2.82. The number of fused-ring (bicyclic) bond motifs is 4. The van der Waals surface area contributed by atoms with E-state index in [4.69, 9.17) is 5.73 Å². The molecule has 2 aromatic carbocycles. The summed E-state index contributed by atoms with van der Waals surface area (Å²) in [6, 6.07) is 20.1. The van der Waals surface area contributed by atoms with Gasteiger partial charge in [-0.3, -0.25) is 9.78 Å². The number of nitrogens with zero attached hydrogens (tertiary/aromatic N) is 2. The summed E-state index contributed by atoms with van der Waals surface area (Å²) in [7, 11) is 0. The molecular weight excluding hydrogens is 310 g/mol. The van der Waals surface area contributed by atoms with Crippen molar-refractivity contribution in [1.82, 2.24) is 9.55 Å². The summed E-state index contributed by atoms with van der Waals surface area (Å²) in [5.74, 6) is -0.731. The molecule has 1 aliphatic rings. The Morgan fingerprint density at radius 3 is 2.80 bits per heavy atom. The van der Waals surface area contributed by atoms with E-state index in [9.17, 15) is 4.79 Å². The average molecular weight is 325 g/mol. The predicted molar refractivity (Wildman–Crippen MR) is 97.5 cm³/mol. The molecule has 1 aliphatic heterocycles. The molecule has 2 N–H and O–H groups in total. The van der Waals surface area contributed by atoms with Crippen LogP contribution in [-0.4, -0.2) is 15.5 Å². The van der Waals surface area contributed by atoms with Gasteiger partial charge in [0.25, 0.3) is 0 Å². The quantitative estimate of drug-likeness (QED) is 0.612. The number of amides is 1. The van der Waals surface area contributed by atoms with Crippen LogP contribution in [0.1, 0.15) is 17.2 Å². The molecule has 0 bridgehead atoms. The Labute approximate surface area is 144 Å². The summed E-state index contributed by atoms with van der Waals surface area (Å²) < 4.78 is 2.06. The SMILES string of the molecule is NC(=O)[C@H]1c2cccc(-c3cnc4ccccc4c3)c2-n2cccc21. The minimum atomic E-state index is -0.404. The normalized spacial score (nSPS) is 15.1. The first kappa shape index (κ1) is 14.0. The summed E-state index contributed by atoms with van der Waals surface area (Å²) in [5.41, 5.74) is 11.6. The van der Waals surface area contributed by atoms with Crippen molar-refractivity contribution < 1.29 is 4.79 Å². The molecular formula is C21H15N3O. The van der Waals surface area contributed by atoms with E-state index in [1.54, 1.807) is 0 Å². The average Bonchev–Trinajstić information content (AvgIpc) is 3.21. The lowest BCUT2D eigenvalue weighted by Crippen LogP contribution is -2.20. The molecule has 4 heteroatoms. The molecule has 0 radical (unpaired) electrons. The monoisotopic (exact) mass is 325 g/mol. The Morgan fingerprint density at radius 1 is 1.04 bits per heavy atom. The van der Waals surface area contributed by atoms with Gasteiger partial charge in [0.2, 0.25) is 5.91 Å². The number of primary amides is 1. The highest BCUT2D eigenvalue weighted by Gasteiger charge is 2.34. The number of hydrogen-bond acceptors (Lipinski definition) is 2. The maximum Gasteiger partial charge on any atom is 0.231 e. The number of benzene rings is 2. The van der Waals surface area contributed by atoms with E-state index in [-0.39, 0.29) is 5.91 Å². The summed E-state index contributed by atoms with van der Waals surface area (Å²) in [6.45, 7) is 0. The van der Waals surface area contributed by atoms with E-state index >= 15 is 0 Å². The van der Waals surface area contributed by atoms with Gasteiger partial charge >= 0.3 is 0 Å². The summed E-state index contributed by atoms with van der Waals surface area (Å²) in [6.07, 6.45) is 3.87. The molecule has 5 rings (SSSR count). The molecule has 4 nitrogen and oxygen atoms in total. The van der Waals surface area contributed by atoms with Crippen LogP contribution in [0.5, 0.6) is 0 Å². The van der Waals surface area contributed by atoms with Gasteiger partial charge in [-0.15, -0.1) is 0 Å². The van der Waals surface area contributed by atoms with Crippen LogP contribution in [0.3, 0.4) is 0 Å². The number of rotatable bonds is 2. The van der Waals surface area contributed by atoms with Crippen LogP contribution in [-0.2, 0) is 4.79 Å². The zero-order valence-corrected chi connectivity index (χ0v) is 13.4. The smallest absolute Gasteiger partial charge is 0.231 e. The van der Waals surface area contributed by atoms with Crippen LogP contribution >= 0.6 is 0 Å². The number of carbonyl (C=O) groups is 1. The molecule has 4 aromatic rings. The number of pyridine rings is 1. The van der Waals surface area contributed by atoms with Gasteiger partial charge in [-0.05, 0) is 29.8 Å². The second kappa shape index (κ2) is 5.05. The van der Waals surface area contributed by atoms with Crippen molar-refractivity contribution in [3.05, 3.63) is 84.3 Å². The van der Waals surface area contributed by atoms with E-state index in [1.807, 2.05) is 54.9 Å². The minimum absolute atomic E-state index is 0.326. The van der Waals surface area contributed by atoms with Gasteiger partial charge in [0.15, 0.2) is 0 Å². The topological polar surface area (TPSA) is 60.9 Å². The van der Waals surface area contributed by atoms with Crippen LogP contribution in [0.4, 0.5) is 0 Å². The molecule has 0 aliphatic carbocycles. The number of para-hydroxylation sites is 2. The van der Waals surface area contributed by atoms with E-state index < -0.39 is 5.92 Å². The fourth-order valence-corrected chi connectivity index (χ4v) is 3.81. The first-order chi connectivity index (χ1) is 12.2. The maximum atomic E-state index is 12.0. The lowest BCUT2D eigenvalue weighted by molar-refractivity contribution is -0.118. The molecule has 0 saturated carbocycles. The van der Waals surface area contributed by atoms with Crippen molar-refractivity contribution >= 4 is 16.8 Å². The fraction of sp³-hybridized carbons (Fsp3) is 0.0476. The van der Waals surface area contributed by atoms with Crippen LogP contribution in [0, 0.1) is 0 Å². The van der Waals surface area contributed by atoms with Gasteiger partial charge in [0, 0.05) is 34.6 Å². The molecule has 2 aromatic heterocycles. The minimum Gasteiger partial charge on any atom is -0.369 e. The van der Waals surface area contributed by atoms with Crippen LogP contribution in [0.25, 0.3) is 27.7 Å². The van der Waals surface area contributed by atoms with Gasteiger partial charge in [-0.25, -0.2) is 0 Å². The zero-order valence-electron chi connectivity index (χ0n) is 13.4. The molecule has 0 fully saturated rings. The highest BCUT2D eigenvalue weighted by Crippen LogP contribution is 2.43. The molecule has 25 heavy (non-hydrogen) atoms. The third-order valence-corrected chi connectivity index (χ3v) is 4.88. The Bertz CT molecular complexity index is 1140. The second-order valence-corrected chi connectivity index (χ2v) is 6.30. The first-order valence-corrected chi connectivity index (χ1v) is 8.19. The highest BCUT2D eigenvalue weighted by molar-refractivity contribution is 5.92. The lowest BCUT2D eigenvalue weighted by atomic mass is 9.93. The predicted octanol–water partition coefficient (Wildman–Crippen LogP) is 3.62. The van der Waals surface area contributed by atoms with E-state index in [2.05, 4.69) is 27.8 Å². The molecule has 1 atom stereocenters. The summed E-state index contributed by atoms with van der Waals surface area (Å²) in [5, 5.41) is 1.09. The number of nitrogens with two attached hydrogens (primary N) is 1. The van der Waals surface area contributed by atoms with Crippen molar-refractivity contribution in [2.24, 2.45) is 5.73 Å². The number of carbonyl (C=O) groups excluding carboxylic acids is 1. The van der Waals surface area contributed by atoms with Gasteiger partial charge in [0.05, 0.1) is 11.2 Å². The highest BCUT2D eigenvalue weighted by atomic mass is 16.1. The van der Waals surface area contributed by atoms with Crippen molar-refractivity contribution in [2.45, 2.75) is 5.92 Å². The summed E-state index contributed by atoms with van der Waals surface area (Å²) in [4.78, 5) is 16.6. The van der Waals surface area contributed by atoms with Gasteiger partial charge < -0.3 is 10.3 Å². The van der Waals surface area contributed by atoms with Gasteiger partial charge in [-0.2, -0.15) is 0 Å². The zero-order chi connectivity index (χ0) is 17.0. The number of aromatic nitrogens is 2. The fourth-order valence-electron chi connectivity index (χ4n) is 3.81. The molecule has 3 heterocycles. The van der Waals surface area contributed by atoms with Crippen LogP contribution < -0.4 is 5.73 Å². The van der Waals surface area contributed by atoms with E-state index in [1.165, 1.54) is 0 Å². The third kappa shape index (κ3) is 1.94. The molecule has 0 unspecified atom stereocenters. The van der Waals surface area contributed by atoms with E-state index in [0.29, 0.717) is 0 Å². The number of hydrogen-bond donors (Lipinski definition) is 1. The van der Waals surface area contributed by atoms with Crippen LogP contribution in [0.15, 0.2) is 73.1 Å². The van der Waals surface area contributed by atoms with Crippen LogP contribution in [0.2, 0.25) is 0 Å². The first-order valence-electron chi connectivity index (χ1n) is 8.19. The second-order valence-electron chi connectivity index (χ2n) is 6.30. The van der Waals surface area contributed by atoms with Crippen molar-refractivity contribution in [3.63, 3.8) is 0 Å². The van der Waals surface area contributed by atoms with Gasteiger partial charge in [0.1, 0.15) is 5.92 Å². The Morgan fingerprint density at radius 2 is 1.92 bits per heavy atom. The lowest BCUT2D eigenvalue weighted by Gasteiger charge is -2.12. The molecule has 0 saturated heterocycles. The largest absolute Gasteiger partial charge is 0.369 e. The van der Waals surface area contributed by atoms with Crippen molar-refractivity contribution in [3.8, 4) is 16.8 Å².